The van der Waals surface area contributed by atoms with E-state index < -0.39 is 0 Å². The van der Waals surface area contributed by atoms with Gasteiger partial charge in [-0.1, -0.05) is 24.3 Å². The molecule has 0 bridgehead atoms. The molecular weight excluding hydrogens is 212 g/mol. The molecule has 1 N–H and O–H groups in total. The lowest BCUT2D eigenvalue weighted by Gasteiger charge is -2.07. The second kappa shape index (κ2) is 6.01. The molecule has 0 aliphatic carbocycles. The van der Waals surface area contributed by atoms with Crippen LogP contribution < -0.4 is 10.1 Å². The van der Waals surface area contributed by atoms with E-state index in [0.29, 0.717) is 6.61 Å². The lowest BCUT2D eigenvalue weighted by Crippen LogP contribution is -2.05. The van der Waals surface area contributed by atoms with Crippen LogP contribution in [0.15, 0.2) is 48.8 Å². The molecule has 0 fully saturated rings. The van der Waals surface area contributed by atoms with Crippen LogP contribution in [0.1, 0.15) is 11.1 Å². The lowest BCUT2D eigenvalue weighted by molar-refractivity contribution is 0.305. The Kier molecular flexibility index (Phi) is 4.11. The van der Waals surface area contributed by atoms with E-state index in [1.54, 1.807) is 12.4 Å². The van der Waals surface area contributed by atoms with E-state index in [0.717, 1.165) is 12.3 Å². The number of rotatable bonds is 5. The van der Waals surface area contributed by atoms with Crippen molar-refractivity contribution in [3.63, 3.8) is 0 Å². The number of hydrogen-bond donors (Lipinski definition) is 1. The van der Waals surface area contributed by atoms with Gasteiger partial charge in [-0.15, -0.1) is 0 Å². The fraction of sp³-hybridized carbons (Fsp3) is 0.214. The molecule has 88 valence electrons. The molecule has 2 rings (SSSR count). The molecule has 0 unspecified atom stereocenters. The van der Waals surface area contributed by atoms with E-state index >= 15 is 0 Å². The van der Waals surface area contributed by atoms with Crippen molar-refractivity contribution in [1.29, 1.82) is 0 Å². The highest BCUT2D eigenvalue weighted by atomic mass is 16.5. The van der Waals surface area contributed by atoms with E-state index in [9.17, 15) is 0 Å². The number of nitrogens with zero attached hydrogens (tertiary/aromatic N) is 1. The van der Waals surface area contributed by atoms with Gasteiger partial charge in [0.1, 0.15) is 12.4 Å². The molecule has 0 amide bonds. The zero-order valence-electron chi connectivity index (χ0n) is 9.89. The van der Waals surface area contributed by atoms with Gasteiger partial charge in [0.2, 0.25) is 0 Å². The summed E-state index contributed by atoms with van der Waals surface area (Å²) >= 11 is 0. The van der Waals surface area contributed by atoms with Crippen LogP contribution in [0.2, 0.25) is 0 Å². The molecule has 3 heteroatoms. The first-order valence-electron chi connectivity index (χ1n) is 5.64. The van der Waals surface area contributed by atoms with Gasteiger partial charge < -0.3 is 10.1 Å². The highest BCUT2D eigenvalue weighted by molar-refractivity contribution is 5.24. The van der Waals surface area contributed by atoms with Crippen LogP contribution in [0.4, 0.5) is 0 Å². The molecule has 1 heterocycles. The predicted octanol–water partition coefficient (Wildman–Crippen LogP) is 2.38. The van der Waals surface area contributed by atoms with Crippen LogP contribution >= 0.6 is 0 Å². The Morgan fingerprint density at radius 3 is 2.82 bits per heavy atom. The van der Waals surface area contributed by atoms with Crippen LogP contribution in [-0.2, 0) is 13.2 Å². The SMILES string of the molecule is CNCc1cccc(COc2cccnc2)c1. The maximum atomic E-state index is 5.64. The largest absolute Gasteiger partial charge is 0.487 e. The smallest absolute Gasteiger partial charge is 0.138 e. The number of ether oxygens (including phenoxy) is 1. The molecule has 0 saturated heterocycles. The zero-order chi connectivity index (χ0) is 11.9. The van der Waals surface area contributed by atoms with Gasteiger partial charge >= 0.3 is 0 Å². The monoisotopic (exact) mass is 228 g/mol. The fourth-order valence-corrected chi connectivity index (χ4v) is 1.63. The van der Waals surface area contributed by atoms with Crippen molar-refractivity contribution in [2.75, 3.05) is 7.05 Å². The predicted molar refractivity (Wildman–Crippen MR) is 67.8 cm³/mol. The average molecular weight is 228 g/mol. The van der Waals surface area contributed by atoms with E-state index in [1.165, 1.54) is 11.1 Å². The van der Waals surface area contributed by atoms with Gasteiger partial charge in [0.25, 0.3) is 0 Å². The van der Waals surface area contributed by atoms with Gasteiger partial charge in [0, 0.05) is 12.7 Å². The van der Waals surface area contributed by atoms with Gasteiger partial charge in [-0.2, -0.15) is 0 Å². The summed E-state index contributed by atoms with van der Waals surface area (Å²) in [5.41, 5.74) is 2.43. The molecule has 0 aliphatic heterocycles. The summed E-state index contributed by atoms with van der Waals surface area (Å²) in [7, 11) is 1.94. The molecule has 0 spiro atoms. The Morgan fingerprint density at radius 1 is 1.18 bits per heavy atom. The second-order valence-electron chi connectivity index (χ2n) is 3.83. The molecule has 17 heavy (non-hydrogen) atoms. The third-order valence-corrected chi connectivity index (χ3v) is 2.41. The van der Waals surface area contributed by atoms with Gasteiger partial charge in [-0.05, 0) is 30.3 Å². The Bertz CT molecular complexity index is 457. The van der Waals surface area contributed by atoms with Crippen molar-refractivity contribution in [2.45, 2.75) is 13.2 Å². The third-order valence-electron chi connectivity index (χ3n) is 2.41. The first-order valence-corrected chi connectivity index (χ1v) is 5.64. The van der Waals surface area contributed by atoms with Crippen molar-refractivity contribution >= 4 is 0 Å². The van der Waals surface area contributed by atoms with Gasteiger partial charge in [0.05, 0.1) is 6.20 Å². The minimum Gasteiger partial charge on any atom is -0.487 e. The van der Waals surface area contributed by atoms with E-state index in [4.69, 9.17) is 4.74 Å². The summed E-state index contributed by atoms with van der Waals surface area (Å²) in [5.74, 6) is 0.798. The topological polar surface area (TPSA) is 34.1 Å². The maximum Gasteiger partial charge on any atom is 0.138 e. The molecule has 1 aromatic heterocycles. The molecule has 0 radical (unpaired) electrons. The van der Waals surface area contributed by atoms with E-state index in [-0.39, 0.29) is 0 Å². The Balaban J connectivity index is 1.97. The van der Waals surface area contributed by atoms with Crippen molar-refractivity contribution in [1.82, 2.24) is 10.3 Å². The fourth-order valence-electron chi connectivity index (χ4n) is 1.63. The quantitative estimate of drug-likeness (QED) is 0.853. The number of aromatic nitrogens is 1. The van der Waals surface area contributed by atoms with E-state index in [1.807, 2.05) is 19.2 Å². The van der Waals surface area contributed by atoms with Crippen molar-refractivity contribution in [3.05, 3.63) is 59.9 Å². The van der Waals surface area contributed by atoms with Crippen molar-refractivity contribution in [2.24, 2.45) is 0 Å². The van der Waals surface area contributed by atoms with Crippen LogP contribution in [0, 0.1) is 0 Å². The average Bonchev–Trinajstić information content (AvgIpc) is 2.39. The molecule has 0 saturated carbocycles. The number of benzene rings is 1. The minimum atomic E-state index is 0.573. The summed E-state index contributed by atoms with van der Waals surface area (Å²) in [6.45, 7) is 1.45. The molecule has 0 atom stereocenters. The molecule has 0 aliphatic rings. The summed E-state index contributed by atoms with van der Waals surface area (Å²) in [5, 5.41) is 3.13. The second-order valence-corrected chi connectivity index (χ2v) is 3.83. The molecular formula is C14H16N2O. The summed E-state index contributed by atoms with van der Waals surface area (Å²) in [6, 6.07) is 12.1. The van der Waals surface area contributed by atoms with Crippen molar-refractivity contribution < 1.29 is 4.74 Å². The highest BCUT2D eigenvalue weighted by Crippen LogP contribution is 2.11. The normalized spacial score (nSPS) is 10.2. The number of pyridine rings is 1. The van der Waals surface area contributed by atoms with Gasteiger partial charge in [-0.25, -0.2) is 0 Å². The Morgan fingerprint density at radius 2 is 2.06 bits per heavy atom. The molecule has 3 nitrogen and oxygen atoms in total. The number of nitrogens with one attached hydrogen (secondary N) is 1. The van der Waals surface area contributed by atoms with Crippen molar-refractivity contribution in [3.8, 4) is 5.75 Å². The van der Waals surface area contributed by atoms with E-state index in [2.05, 4.69) is 34.6 Å². The summed E-state index contributed by atoms with van der Waals surface area (Å²) in [4.78, 5) is 4.01. The zero-order valence-corrected chi connectivity index (χ0v) is 9.89. The van der Waals surface area contributed by atoms with Crippen LogP contribution in [0.5, 0.6) is 5.75 Å². The van der Waals surface area contributed by atoms with Crippen LogP contribution in [0.3, 0.4) is 0 Å². The minimum absolute atomic E-state index is 0.573. The Hall–Kier alpha value is -1.87. The Labute approximate surface area is 101 Å². The first kappa shape index (κ1) is 11.6. The molecule has 1 aromatic carbocycles. The lowest BCUT2D eigenvalue weighted by atomic mass is 10.1. The molecule has 2 aromatic rings. The van der Waals surface area contributed by atoms with Gasteiger partial charge in [-0.3, -0.25) is 4.98 Å². The maximum absolute atomic E-state index is 5.64. The third kappa shape index (κ3) is 3.57. The highest BCUT2D eigenvalue weighted by Gasteiger charge is 1.97. The summed E-state index contributed by atoms with van der Waals surface area (Å²) in [6.07, 6.45) is 3.46. The summed E-state index contributed by atoms with van der Waals surface area (Å²) < 4.78 is 5.64. The van der Waals surface area contributed by atoms with Crippen LogP contribution in [0.25, 0.3) is 0 Å². The number of hydrogen-bond acceptors (Lipinski definition) is 3. The first-order chi connectivity index (χ1) is 8.38. The standard InChI is InChI=1S/C14H16N2O/c1-15-9-12-4-2-5-13(8-12)11-17-14-6-3-7-16-10-14/h2-8,10,15H,9,11H2,1H3. The van der Waals surface area contributed by atoms with Gasteiger partial charge in [0.15, 0.2) is 0 Å². The van der Waals surface area contributed by atoms with Crippen LogP contribution in [-0.4, -0.2) is 12.0 Å².